The maximum Gasteiger partial charge on any atom is 0.142 e. The van der Waals surface area contributed by atoms with Crippen molar-refractivity contribution in [2.24, 2.45) is 5.92 Å². The number of pyridine rings is 2. The van der Waals surface area contributed by atoms with Crippen LogP contribution in [0.1, 0.15) is 24.4 Å². The first kappa shape index (κ1) is 19.3. The van der Waals surface area contributed by atoms with E-state index >= 15 is 0 Å². The number of nitrogens with two attached hydrogens (primary N) is 1. The number of aromatic nitrogens is 3. The topological polar surface area (TPSA) is 97.2 Å². The average molecular weight is 423 g/mol. The zero-order chi connectivity index (χ0) is 20.8. The van der Waals surface area contributed by atoms with Gasteiger partial charge in [0.25, 0.3) is 0 Å². The lowest BCUT2D eigenvalue weighted by molar-refractivity contribution is 0.00552. The van der Waals surface area contributed by atoms with Gasteiger partial charge < -0.3 is 20.5 Å². The molecule has 1 aliphatic rings. The number of hydrogen-bond acceptors (Lipinski definition) is 5. The minimum absolute atomic E-state index is 0.0121. The van der Waals surface area contributed by atoms with Crippen LogP contribution in [0.5, 0.6) is 0 Å². The SMILES string of the molecule is Nc1nc2cc(CC[C@H]3C[C@@H](n4ccc5ncccc54)[C@H](O)[C@@H]3O)ccc2cc1Cl. The molecule has 0 spiro atoms. The Bertz CT molecular complexity index is 1220. The molecule has 6 nitrogen and oxygen atoms in total. The van der Waals surface area contributed by atoms with Gasteiger partial charge in [-0.25, -0.2) is 4.98 Å². The van der Waals surface area contributed by atoms with Crippen LogP contribution in [0.3, 0.4) is 0 Å². The van der Waals surface area contributed by atoms with Gasteiger partial charge in [0, 0.05) is 17.8 Å². The lowest BCUT2D eigenvalue weighted by atomic mass is 9.95. The molecule has 4 N–H and O–H groups in total. The van der Waals surface area contributed by atoms with Crippen molar-refractivity contribution in [1.29, 1.82) is 0 Å². The zero-order valence-corrected chi connectivity index (χ0v) is 17.1. The van der Waals surface area contributed by atoms with Crippen molar-refractivity contribution in [3.63, 3.8) is 0 Å². The third-order valence-corrected chi connectivity index (χ3v) is 6.59. The van der Waals surface area contributed by atoms with E-state index < -0.39 is 12.2 Å². The second-order valence-corrected chi connectivity index (χ2v) is 8.50. The van der Waals surface area contributed by atoms with Crippen LogP contribution in [0.4, 0.5) is 5.82 Å². The second kappa shape index (κ2) is 7.54. The Balaban J connectivity index is 1.33. The summed E-state index contributed by atoms with van der Waals surface area (Å²) in [6.07, 6.45) is 4.44. The smallest absolute Gasteiger partial charge is 0.142 e. The van der Waals surface area contributed by atoms with Crippen LogP contribution < -0.4 is 5.73 Å². The summed E-state index contributed by atoms with van der Waals surface area (Å²) in [7, 11) is 0. The number of benzene rings is 1. The highest BCUT2D eigenvalue weighted by atomic mass is 35.5. The fourth-order valence-corrected chi connectivity index (χ4v) is 4.81. The molecule has 0 saturated heterocycles. The highest BCUT2D eigenvalue weighted by Crippen LogP contribution is 2.39. The Hall–Kier alpha value is -2.67. The van der Waals surface area contributed by atoms with E-state index in [1.807, 2.05) is 47.2 Å². The Labute approximate surface area is 178 Å². The first-order valence-corrected chi connectivity index (χ1v) is 10.5. The minimum atomic E-state index is -0.800. The Morgan fingerprint density at radius 3 is 2.83 bits per heavy atom. The summed E-state index contributed by atoms with van der Waals surface area (Å²) in [6, 6.07) is 13.6. The lowest BCUT2D eigenvalue weighted by Gasteiger charge is -2.19. The molecule has 7 heteroatoms. The van der Waals surface area contributed by atoms with Gasteiger partial charge in [-0.05, 0) is 61.1 Å². The minimum Gasteiger partial charge on any atom is -0.390 e. The molecule has 4 aromatic rings. The number of rotatable bonds is 4. The molecule has 1 saturated carbocycles. The van der Waals surface area contributed by atoms with Gasteiger partial charge in [0.1, 0.15) is 11.9 Å². The van der Waals surface area contributed by atoms with Gasteiger partial charge in [0.05, 0.1) is 33.7 Å². The van der Waals surface area contributed by atoms with Gasteiger partial charge >= 0.3 is 0 Å². The molecule has 1 aromatic carbocycles. The van der Waals surface area contributed by atoms with E-state index in [9.17, 15) is 10.2 Å². The number of nitrogen functional groups attached to an aromatic ring is 1. The van der Waals surface area contributed by atoms with Crippen LogP contribution in [0.25, 0.3) is 21.9 Å². The monoisotopic (exact) mass is 422 g/mol. The fraction of sp³-hybridized carbons (Fsp3) is 0.304. The van der Waals surface area contributed by atoms with E-state index in [-0.39, 0.29) is 12.0 Å². The maximum atomic E-state index is 10.7. The van der Waals surface area contributed by atoms with Gasteiger partial charge in [-0.3, -0.25) is 4.98 Å². The number of anilines is 1. The molecule has 0 unspecified atom stereocenters. The number of aliphatic hydroxyl groups excluding tert-OH is 2. The molecule has 0 aliphatic heterocycles. The molecule has 0 bridgehead atoms. The predicted octanol–water partition coefficient (Wildman–Crippen LogP) is 3.74. The van der Waals surface area contributed by atoms with Gasteiger partial charge in [-0.2, -0.15) is 0 Å². The summed E-state index contributed by atoms with van der Waals surface area (Å²) in [5.41, 5.74) is 9.64. The molecule has 0 amide bonds. The van der Waals surface area contributed by atoms with E-state index in [2.05, 4.69) is 16.0 Å². The molecular weight excluding hydrogens is 400 g/mol. The van der Waals surface area contributed by atoms with E-state index in [1.165, 1.54) is 0 Å². The van der Waals surface area contributed by atoms with Crippen LogP contribution in [-0.4, -0.2) is 37.0 Å². The van der Waals surface area contributed by atoms with Crippen molar-refractivity contribution < 1.29 is 10.2 Å². The van der Waals surface area contributed by atoms with Crippen molar-refractivity contribution in [2.75, 3.05) is 5.73 Å². The number of halogens is 1. The Kier molecular flexibility index (Phi) is 4.85. The summed E-state index contributed by atoms with van der Waals surface area (Å²) in [4.78, 5) is 8.73. The van der Waals surface area contributed by atoms with E-state index in [0.29, 0.717) is 10.8 Å². The summed E-state index contributed by atoms with van der Waals surface area (Å²) < 4.78 is 2.04. The predicted molar refractivity (Wildman–Crippen MR) is 118 cm³/mol. The Morgan fingerprint density at radius 1 is 1.10 bits per heavy atom. The fourth-order valence-electron chi connectivity index (χ4n) is 4.65. The molecule has 4 atom stereocenters. The summed E-state index contributed by atoms with van der Waals surface area (Å²) in [5, 5.41) is 22.8. The van der Waals surface area contributed by atoms with E-state index in [0.717, 1.165) is 46.8 Å². The van der Waals surface area contributed by atoms with Crippen molar-refractivity contribution in [3.8, 4) is 0 Å². The molecule has 1 aliphatic carbocycles. The standard InChI is InChI=1S/C23H23ClN4O2/c24-16-11-14-5-3-13(10-18(14)27-23(16)25)4-6-15-12-20(22(30)21(15)29)28-9-7-17-19(28)2-1-8-26-17/h1-3,5,7-11,15,20-22,29-30H,4,6,12H2,(H2,25,27)/t15-,20+,21+,22-/m0/s1. The number of aryl methyl sites for hydroxylation is 1. The molecule has 3 heterocycles. The van der Waals surface area contributed by atoms with Gasteiger partial charge in [-0.1, -0.05) is 23.7 Å². The largest absolute Gasteiger partial charge is 0.390 e. The van der Waals surface area contributed by atoms with Crippen molar-refractivity contribution in [3.05, 3.63) is 65.4 Å². The van der Waals surface area contributed by atoms with Crippen LogP contribution in [0.15, 0.2) is 54.9 Å². The summed E-state index contributed by atoms with van der Waals surface area (Å²) in [5.74, 6) is 0.338. The second-order valence-electron chi connectivity index (χ2n) is 8.10. The number of aliphatic hydroxyl groups is 2. The van der Waals surface area contributed by atoms with Crippen LogP contribution in [0, 0.1) is 5.92 Å². The summed E-state index contributed by atoms with van der Waals surface area (Å²) in [6.45, 7) is 0. The lowest BCUT2D eigenvalue weighted by Crippen LogP contribution is -2.29. The van der Waals surface area contributed by atoms with Crippen LogP contribution >= 0.6 is 11.6 Å². The summed E-state index contributed by atoms with van der Waals surface area (Å²) >= 11 is 6.05. The zero-order valence-electron chi connectivity index (χ0n) is 16.3. The van der Waals surface area contributed by atoms with Gasteiger partial charge in [0.2, 0.25) is 0 Å². The highest BCUT2D eigenvalue weighted by molar-refractivity contribution is 6.33. The quantitative estimate of drug-likeness (QED) is 0.465. The molecular formula is C23H23ClN4O2. The van der Waals surface area contributed by atoms with Crippen molar-refractivity contribution in [2.45, 2.75) is 37.5 Å². The molecule has 30 heavy (non-hydrogen) atoms. The first-order valence-electron chi connectivity index (χ1n) is 10.1. The molecule has 154 valence electrons. The first-order chi connectivity index (χ1) is 14.5. The van der Waals surface area contributed by atoms with Gasteiger partial charge in [-0.15, -0.1) is 0 Å². The number of hydrogen-bond donors (Lipinski definition) is 3. The Morgan fingerprint density at radius 2 is 1.97 bits per heavy atom. The normalized spacial score (nSPS) is 24.1. The molecule has 0 radical (unpaired) electrons. The van der Waals surface area contributed by atoms with Crippen molar-refractivity contribution in [1.82, 2.24) is 14.5 Å². The average Bonchev–Trinajstić information content (AvgIpc) is 3.29. The van der Waals surface area contributed by atoms with E-state index in [1.54, 1.807) is 6.20 Å². The van der Waals surface area contributed by atoms with Gasteiger partial charge in [0.15, 0.2) is 0 Å². The third-order valence-electron chi connectivity index (χ3n) is 6.28. The van der Waals surface area contributed by atoms with E-state index in [4.69, 9.17) is 17.3 Å². The molecule has 3 aromatic heterocycles. The highest BCUT2D eigenvalue weighted by Gasteiger charge is 2.42. The maximum absolute atomic E-state index is 10.7. The third kappa shape index (κ3) is 3.31. The molecule has 1 fully saturated rings. The number of fused-ring (bicyclic) bond motifs is 2. The van der Waals surface area contributed by atoms with Crippen LogP contribution in [-0.2, 0) is 6.42 Å². The molecule has 5 rings (SSSR count). The van der Waals surface area contributed by atoms with Crippen molar-refractivity contribution >= 4 is 39.4 Å². The van der Waals surface area contributed by atoms with Crippen LogP contribution in [0.2, 0.25) is 5.02 Å². The number of nitrogens with zero attached hydrogens (tertiary/aromatic N) is 3.